The number of nitrogens with zero attached hydrogens (tertiary/aromatic N) is 4. The Morgan fingerprint density at radius 1 is 1.40 bits per heavy atom. The Kier molecular flexibility index (Phi) is 3.51. The topological polar surface area (TPSA) is 72.7 Å². The van der Waals surface area contributed by atoms with Gasteiger partial charge in [-0.15, -0.1) is 11.3 Å². The molecule has 0 spiro atoms. The Bertz CT molecular complexity index is 693. The van der Waals surface area contributed by atoms with E-state index in [1.165, 1.54) is 17.3 Å². The van der Waals surface area contributed by atoms with Gasteiger partial charge < -0.3 is 5.32 Å². The van der Waals surface area contributed by atoms with Crippen LogP contribution >= 0.6 is 11.3 Å². The lowest BCUT2D eigenvalue weighted by molar-refractivity contribution is -0.116. The summed E-state index contributed by atoms with van der Waals surface area (Å²) in [5.41, 5.74) is 1.72. The minimum Gasteiger partial charge on any atom is -0.324 e. The average Bonchev–Trinajstić information content (AvgIpc) is 3.11. The van der Waals surface area contributed by atoms with Gasteiger partial charge in [-0.2, -0.15) is 5.10 Å². The summed E-state index contributed by atoms with van der Waals surface area (Å²) in [6, 6.07) is 7.60. The number of rotatable bonds is 4. The Labute approximate surface area is 119 Å². The van der Waals surface area contributed by atoms with Crippen molar-refractivity contribution in [3.63, 3.8) is 0 Å². The van der Waals surface area contributed by atoms with Crippen LogP contribution in [0, 0.1) is 0 Å². The van der Waals surface area contributed by atoms with Crippen LogP contribution < -0.4 is 5.32 Å². The molecular weight excluding hydrogens is 274 g/mol. The van der Waals surface area contributed by atoms with E-state index in [1.807, 2.05) is 29.6 Å². The minimum absolute atomic E-state index is 0.140. The molecule has 0 aliphatic heterocycles. The molecule has 1 N–H and O–H groups in total. The third-order valence-electron chi connectivity index (χ3n) is 2.60. The number of aromatic nitrogens is 4. The van der Waals surface area contributed by atoms with Crippen LogP contribution in [0.25, 0.3) is 10.6 Å². The maximum Gasteiger partial charge on any atom is 0.246 e. The summed E-state index contributed by atoms with van der Waals surface area (Å²) in [5, 5.41) is 9.57. The van der Waals surface area contributed by atoms with Gasteiger partial charge in [0.25, 0.3) is 0 Å². The molecule has 0 fully saturated rings. The van der Waals surface area contributed by atoms with E-state index in [1.54, 1.807) is 17.5 Å². The number of hydrogen-bond donors (Lipinski definition) is 1. The summed E-state index contributed by atoms with van der Waals surface area (Å²) in [6.07, 6.45) is 4.66. The molecule has 3 rings (SSSR count). The monoisotopic (exact) mass is 285 g/mol. The largest absolute Gasteiger partial charge is 0.324 e. The van der Waals surface area contributed by atoms with Crippen LogP contribution in [0.1, 0.15) is 0 Å². The van der Waals surface area contributed by atoms with E-state index in [0.29, 0.717) is 0 Å². The summed E-state index contributed by atoms with van der Waals surface area (Å²) >= 11 is 1.56. The first-order valence-electron chi connectivity index (χ1n) is 5.93. The number of thiazole rings is 1. The first kappa shape index (κ1) is 12.5. The van der Waals surface area contributed by atoms with Crippen LogP contribution in [-0.4, -0.2) is 25.7 Å². The van der Waals surface area contributed by atoms with Crippen molar-refractivity contribution in [2.75, 3.05) is 5.32 Å². The van der Waals surface area contributed by atoms with Crippen LogP contribution in [0.5, 0.6) is 0 Å². The highest BCUT2D eigenvalue weighted by Gasteiger charge is 2.06. The Balaban J connectivity index is 1.71. The first-order chi connectivity index (χ1) is 9.81. The highest BCUT2D eigenvalue weighted by Crippen LogP contribution is 2.24. The molecule has 0 saturated heterocycles. The van der Waals surface area contributed by atoms with Crippen molar-refractivity contribution in [2.24, 2.45) is 0 Å². The first-order valence-corrected chi connectivity index (χ1v) is 6.81. The van der Waals surface area contributed by atoms with Crippen molar-refractivity contribution < 1.29 is 4.79 Å². The van der Waals surface area contributed by atoms with Crippen molar-refractivity contribution in [3.05, 3.63) is 48.5 Å². The van der Waals surface area contributed by atoms with Gasteiger partial charge in [-0.25, -0.2) is 14.6 Å². The van der Waals surface area contributed by atoms with Crippen molar-refractivity contribution in [2.45, 2.75) is 6.54 Å². The smallest absolute Gasteiger partial charge is 0.246 e. The van der Waals surface area contributed by atoms with Crippen LogP contribution in [0.4, 0.5) is 5.69 Å². The van der Waals surface area contributed by atoms with Crippen LogP contribution in [0.3, 0.4) is 0 Å². The molecule has 7 heteroatoms. The molecule has 0 unspecified atom stereocenters. The fourth-order valence-electron chi connectivity index (χ4n) is 1.76. The standard InChI is InChI=1S/C13H11N5OS/c19-12(7-18-9-14-8-16-18)17-11-3-1-2-10(6-11)13-15-4-5-20-13/h1-6,8-9H,7H2,(H,17,19). The fourth-order valence-corrected chi connectivity index (χ4v) is 2.39. The van der Waals surface area contributed by atoms with Gasteiger partial charge in [-0.05, 0) is 12.1 Å². The van der Waals surface area contributed by atoms with E-state index >= 15 is 0 Å². The van der Waals surface area contributed by atoms with E-state index in [2.05, 4.69) is 20.4 Å². The number of benzene rings is 1. The number of carbonyl (C=O) groups is 1. The third-order valence-corrected chi connectivity index (χ3v) is 3.42. The van der Waals surface area contributed by atoms with Crippen molar-refractivity contribution >= 4 is 22.9 Å². The minimum atomic E-state index is -0.146. The molecule has 2 heterocycles. The summed E-state index contributed by atoms with van der Waals surface area (Å²) < 4.78 is 1.47. The second-order valence-corrected chi connectivity index (χ2v) is 4.95. The molecule has 0 atom stereocenters. The van der Waals surface area contributed by atoms with Crippen molar-refractivity contribution in [3.8, 4) is 10.6 Å². The average molecular weight is 285 g/mol. The number of hydrogen-bond acceptors (Lipinski definition) is 5. The molecule has 20 heavy (non-hydrogen) atoms. The quantitative estimate of drug-likeness (QED) is 0.796. The van der Waals surface area contributed by atoms with Gasteiger partial charge in [0.05, 0.1) is 0 Å². The lowest BCUT2D eigenvalue weighted by atomic mass is 10.2. The highest BCUT2D eigenvalue weighted by atomic mass is 32.1. The molecule has 6 nitrogen and oxygen atoms in total. The maximum atomic E-state index is 11.9. The Morgan fingerprint density at radius 2 is 2.35 bits per heavy atom. The molecule has 0 radical (unpaired) electrons. The molecule has 3 aromatic rings. The van der Waals surface area contributed by atoms with Gasteiger partial charge in [-0.3, -0.25) is 4.79 Å². The van der Waals surface area contributed by atoms with E-state index in [-0.39, 0.29) is 12.5 Å². The van der Waals surface area contributed by atoms with Crippen LogP contribution in [0.2, 0.25) is 0 Å². The molecule has 1 amide bonds. The second-order valence-electron chi connectivity index (χ2n) is 4.06. The van der Waals surface area contributed by atoms with Gasteiger partial charge in [-0.1, -0.05) is 12.1 Å². The molecule has 0 aliphatic carbocycles. The lowest BCUT2D eigenvalue weighted by Crippen LogP contribution is -2.18. The Morgan fingerprint density at radius 3 is 3.10 bits per heavy atom. The zero-order valence-electron chi connectivity index (χ0n) is 10.4. The zero-order valence-corrected chi connectivity index (χ0v) is 11.2. The summed E-state index contributed by atoms with van der Waals surface area (Å²) in [4.78, 5) is 19.9. The molecule has 1 aromatic carbocycles. The van der Waals surface area contributed by atoms with Gasteiger partial charge in [0.1, 0.15) is 24.2 Å². The fraction of sp³-hybridized carbons (Fsp3) is 0.0769. The predicted molar refractivity (Wildman–Crippen MR) is 76.2 cm³/mol. The molecule has 0 saturated carbocycles. The predicted octanol–water partition coefficient (Wildman–Crippen LogP) is 2.04. The lowest BCUT2D eigenvalue weighted by Gasteiger charge is -2.06. The molecule has 2 aromatic heterocycles. The Hall–Kier alpha value is -2.54. The van der Waals surface area contributed by atoms with Gasteiger partial charge >= 0.3 is 0 Å². The van der Waals surface area contributed by atoms with Crippen LogP contribution in [0.15, 0.2) is 48.5 Å². The van der Waals surface area contributed by atoms with E-state index < -0.39 is 0 Å². The molecule has 0 aliphatic rings. The van der Waals surface area contributed by atoms with Crippen molar-refractivity contribution in [1.29, 1.82) is 0 Å². The van der Waals surface area contributed by atoms with Gasteiger partial charge in [0, 0.05) is 22.8 Å². The number of nitrogens with one attached hydrogen (secondary N) is 1. The van der Waals surface area contributed by atoms with Crippen LogP contribution in [-0.2, 0) is 11.3 Å². The summed E-state index contributed by atoms with van der Waals surface area (Å²) in [6.45, 7) is 0.140. The number of amides is 1. The summed E-state index contributed by atoms with van der Waals surface area (Å²) in [7, 11) is 0. The van der Waals surface area contributed by atoms with E-state index in [0.717, 1.165) is 16.3 Å². The SMILES string of the molecule is O=C(Cn1cncn1)Nc1cccc(-c2nccs2)c1. The van der Waals surface area contributed by atoms with Crippen molar-refractivity contribution in [1.82, 2.24) is 19.7 Å². The van der Waals surface area contributed by atoms with Gasteiger partial charge in [0.15, 0.2) is 0 Å². The highest BCUT2D eigenvalue weighted by molar-refractivity contribution is 7.13. The second kappa shape index (κ2) is 5.62. The van der Waals surface area contributed by atoms with E-state index in [9.17, 15) is 4.79 Å². The summed E-state index contributed by atoms with van der Waals surface area (Å²) in [5.74, 6) is -0.146. The van der Waals surface area contributed by atoms with Gasteiger partial charge in [0.2, 0.25) is 5.91 Å². The third kappa shape index (κ3) is 2.89. The molecule has 0 bridgehead atoms. The molecular formula is C13H11N5OS. The maximum absolute atomic E-state index is 11.9. The molecule has 100 valence electrons. The zero-order chi connectivity index (χ0) is 13.8. The van der Waals surface area contributed by atoms with E-state index in [4.69, 9.17) is 0 Å². The number of carbonyl (C=O) groups excluding carboxylic acids is 1. The normalized spacial score (nSPS) is 10.4. The number of anilines is 1.